The summed E-state index contributed by atoms with van der Waals surface area (Å²) in [6.07, 6.45) is 3.40. The molecule has 1 aromatic carbocycles. The van der Waals surface area contributed by atoms with Crippen molar-refractivity contribution in [2.45, 2.75) is 38.8 Å². The highest BCUT2D eigenvalue weighted by molar-refractivity contribution is 5.80. The number of para-hydroxylation sites is 1. The second-order valence-electron chi connectivity index (χ2n) is 7.80. The summed E-state index contributed by atoms with van der Waals surface area (Å²) in [5.41, 5.74) is 2.55. The monoisotopic (exact) mass is 418 g/mol. The Hall–Kier alpha value is -1.83. The minimum Gasteiger partial charge on any atom is -0.385 e. The molecule has 3 rings (SSSR count). The number of aliphatic imine (C=N–C) groups is 1. The van der Waals surface area contributed by atoms with E-state index in [1.165, 1.54) is 11.3 Å². The van der Waals surface area contributed by atoms with Crippen LogP contribution in [-0.4, -0.2) is 83.2 Å². The SMILES string of the molecule is CCNC(=NCc1ccccc1N1CCOCC1)N1CCC(OCCCOC)CC1. The number of hydrogen-bond donors (Lipinski definition) is 1. The van der Waals surface area contributed by atoms with Gasteiger partial charge in [-0.05, 0) is 37.8 Å². The van der Waals surface area contributed by atoms with E-state index in [1.807, 2.05) is 0 Å². The van der Waals surface area contributed by atoms with E-state index in [0.717, 1.165) is 84.4 Å². The molecule has 168 valence electrons. The normalized spacial score (nSPS) is 18.7. The molecule has 0 bridgehead atoms. The third-order valence-corrected chi connectivity index (χ3v) is 5.67. The predicted octanol–water partition coefficient (Wildman–Crippen LogP) is 2.51. The van der Waals surface area contributed by atoms with Crippen molar-refractivity contribution >= 4 is 11.6 Å². The summed E-state index contributed by atoms with van der Waals surface area (Å²) in [5.74, 6) is 1.01. The van der Waals surface area contributed by atoms with Crippen LogP contribution in [0.15, 0.2) is 29.3 Å². The molecule has 1 N–H and O–H groups in total. The van der Waals surface area contributed by atoms with Gasteiger partial charge in [0.1, 0.15) is 0 Å². The lowest BCUT2D eigenvalue weighted by Gasteiger charge is -2.34. The first-order chi connectivity index (χ1) is 14.8. The number of hydrogen-bond acceptors (Lipinski definition) is 5. The molecule has 0 amide bonds. The van der Waals surface area contributed by atoms with E-state index in [-0.39, 0.29) is 0 Å². The number of likely N-dealkylation sites (tertiary alicyclic amines) is 1. The van der Waals surface area contributed by atoms with Gasteiger partial charge in [0.15, 0.2) is 5.96 Å². The lowest BCUT2D eigenvalue weighted by Crippen LogP contribution is -2.47. The Morgan fingerprint density at radius 2 is 1.90 bits per heavy atom. The van der Waals surface area contributed by atoms with E-state index < -0.39 is 0 Å². The van der Waals surface area contributed by atoms with Crippen LogP contribution in [0.1, 0.15) is 31.7 Å². The van der Waals surface area contributed by atoms with Crippen LogP contribution in [0.4, 0.5) is 5.69 Å². The molecule has 2 fully saturated rings. The van der Waals surface area contributed by atoms with Gasteiger partial charge in [0, 0.05) is 58.7 Å². The first-order valence-corrected chi connectivity index (χ1v) is 11.4. The van der Waals surface area contributed by atoms with E-state index in [4.69, 9.17) is 19.2 Å². The maximum Gasteiger partial charge on any atom is 0.194 e. The lowest BCUT2D eigenvalue weighted by atomic mass is 10.1. The van der Waals surface area contributed by atoms with E-state index in [1.54, 1.807) is 7.11 Å². The number of rotatable bonds is 9. The van der Waals surface area contributed by atoms with Crippen molar-refractivity contribution < 1.29 is 14.2 Å². The molecule has 1 aromatic rings. The van der Waals surface area contributed by atoms with Gasteiger partial charge in [-0.15, -0.1) is 0 Å². The van der Waals surface area contributed by atoms with Crippen molar-refractivity contribution in [3.63, 3.8) is 0 Å². The predicted molar refractivity (Wildman–Crippen MR) is 121 cm³/mol. The minimum absolute atomic E-state index is 0.350. The molecule has 2 heterocycles. The highest BCUT2D eigenvalue weighted by atomic mass is 16.5. The quantitative estimate of drug-likeness (QED) is 0.378. The molecule has 2 aliphatic heterocycles. The third kappa shape index (κ3) is 6.86. The number of guanidine groups is 1. The molecule has 0 atom stereocenters. The van der Waals surface area contributed by atoms with Gasteiger partial charge in [-0.25, -0.2) is 4.99 Å². The number of ether oxygens (including phenoxy) is 3. The fourth-order valence-electron chi connectivity index (χ4n) is 4.03. The van der Waals surface area contributed by atoms with Crippen LogP contribution in [0.2, 0.25) is 0 Å². The highest BCUT2D eigenvalue weighted by Gasteiger charge is 2.22. The molecule has 2 saturated heterocycles. The molecule has 7 heteroatoms. The Kier molecular flexibility index (Phi) is 9.73. The average Bonchev–Trinajstić information content (AvgIpc) is 2.81. The second-order valence-corrected chi connectivity index (χ2v) is 7.80. The van der Waals surface area contributed by atoms with Crippen LogP contribution in [0, 0.1) is 0 Å². The third-order valence-electron chi connectivity index (χ3n) is 5.67. The summed E-state index contributed by atoms with van der Waals surface area (Å²) >= 11 is 0. The molecule has 0 aromatic heterocycles. The van der Waals surface area contributed by atoms with Crippen molar-refractivity contribution in [3.05, 3.63) is 29.8 Å². The molecule has 0 saturated carbocycles. The summed E-state index contributed by atoms with van der Waals surface area (Å²) in [7, 11) is 1.74. The Morgan fingerprint density at radius 3 is 2.63 bits per heavy atom. The van der Waals surface area contributed by atoms with E-state index >= 15 is 0 Å². The van der Waals surface area contributed by atoms with Gasteiger partial charge in [0.25, 0.3) is 0 Å². The first kappa shape index (κ1) is 22.8. The van der Waals surface area contributed by atoms with Crippen LogP contribution in [0.3, 0.4) is 0 Å². The largest absolute Gasteiger partial charge is 0.385 e. The van der Waals surface area contributed by atoms with Gasteiger partial charge >= 0.3 is 0 Å². The summed E-state index contributed by atoms with van der Waals surface area (Å²) in [6, 6.07) is 8.61. The number of piperidine rings is 1. The fraction of sp³-hybridized carbons (Fsp3) is 0.696. The number of morpholine rings is 1. The molecule has 30 heavy (non-hydrogen) atoms. The lowest BCUT2D eigenvalue weighted by molar-refractivity contribution is 0.00990. The van der Waals surface area contributed by atoms with Crippen molar-refractivity contribution in [3.8, 4) is 0 Å². The molecule has 0 aliphatic carbocycles. The van der Waals surface area contributed by atoms with Crippen molar-refractivity contribution in [2.24, 2.45) is 4.99 Å². The maximum atomic E-state index is 6.00. The average molecular weight is 419 g/mol. The number of methoxy groups -OCH3 is 1. The van der Waals surface area contributed by atoms with Crippen LogP contribution in [0.25, 0.3) is 0 Å². The zero-order valence-electron chi connectivity index (χ0n) is 18.6. The number of nitrogens with zero attached hydrogens (tertiary/aromatic N) is 3. The smallest absolute Gasteiger partial charge is 0.194 e. The molecule has 2 aliphatic rings. The summed E-state index contributed by atoms with van der Waals surface area (Å²) in [5, 5.41) is 3.48. The van der Waals surface area contributed by atoms with Gasteiger partial charge in [-0.2, -0.15) is 0 Å². The van der Waals surface area contributed by atoms with Gasteiger partial charge in [0.2, 0.25) is 0 Å². The number of nitrogens with one attached hydrogen (secondary N) is 1. The Morgan fingerprint density at radius 1 is 1.13 bits per heavy atom. The van der Waals surface area contributed by atoms with Gasteiger partial charge in [0.05, 0.1) is 25.9 Å². The zero-order chi connectivity index (χ0) is 21.0. The van der Waals surface area contributed by atoms with Crippen molar-refractivity contribution in [1.82, 2.24) is 10.2 Å². The zero-order valence-corrected chi connectivity index (χ0v) is 18.6. The fourth-order valence-corrected chi connectivity index (χ4v) is 4.03. The Balaban J connectivity index is 1.57. The standard InChI is InChI=1S/C23H38N4O3/c1-3-24-23(27-11-9-21(10-12-27)30-16-6-15-28-2)25-19-20-7-4-5-8-22(20)26-13-17-29-18-14-26/h4-5,7-8,21H,3,6,9-19H2,1-2H3,(H,24,25). The van der Waals surface area contributed by atoms with E-state index in [0.29, 0.717) is 12.6 Å². The van der Waals surface area contributed by atoms with Gasteiger partial charge in [-0.1, -0.05) is 18.2 Å². The Bertz CT molecular complexity index is 641. The molecule has 0 unspecified atom stereocenters. The van der Waals surface area contributed by atoms with Crippen LogP contribution in [0.5, 0.6) is 0 Å². The number of benzene rings is 1. The topological polar surface area (TPSA) is 58.6 Å². The summed E-state index contributed by atoms with van der Waals surface area (Å²) in [4.78, 5) is 9.77. The van der Waals surface area contributed by atoms with Crippen LogP contribution in [-0.2, 0) is 20.8 Å². The molecular weight excluding hydrogens is 380 g/mol. The van der Waals surface area contributed by atoms with Gasteiger partial charge < -0.3 is 29.3 Å². The molecule has 0 spiro atoms. The van der Waals surface area contributed by atoms with Gasteiger partial charge in [-0.3, -0.25) is 0 Å². The van der Waals surface area contributed by atoms with Crippen LogP contribution >= 0.6 is 0 Å². The highest BCUT2D eigenvalue weighted by Crippen LogP contribution is 2.22. The molecule has 7 nitrogen and oxygen atoms in total. The van der Waals surface area contributed by atoms with E-state index in [9.17, 15) is 0 Å². The summed E-state index contributed by atoms with van der Waals surface area (Å²) in [6.45, 7) is 10.7. The minimum atomic E-state index is 0.350. The second kappa shape index (κ2) is 12.8. The summed E-state index contributed by atoms with van der Waals surface area (Å²) < 4.78 is 16.6. The molecular formula is C23H38N4O3. The van der Waals surface area contributed by atoms with Crippen molar-refractivity contribution in [2.75, 3.05) is 71.2 Å². The van der Waals surface area contributed by atoms with Crippen molar-refractivity contribution in [1.29, 1.82) is 0 Å². The van der Waals surface area contributed by atoms with E-state index in [2.05, 4.69) is 46.3 Å². The number of anilines is 1. The Labute approximate surface area is 181 Å². The van der Waals surface area contributed by atoms with Crippen LogP contribution < -0.4 is 10.2 Å². The maximum absolute atomic E-state index is 6.00. The molecule has 0 radical (unpaired) electrons. The first-order valence-electron chi connectivity index (χ1n) is 11.4.